The highest BCUT2D eigenvalue weighted by atomic mass is 16.7. The average Bonchev–Trinajstić information content (AvgIpc) is 2.54. The fourth-order valence-corrected chi connectivity index (χ4v) is 2.35. The zero-order chi connectivity index (χ0) is 16.0. The SMILES string of the molecule is CCCCC[C@H](C#CC(OCC)OCC)OC1CCCCO1. The first kappa shape index (κ1) is 19.4. The largest absolute Gasteiger partial charge is 0.353 e. The van der Waals surface area contributed by atoms with E-state index in [2.05, 4.69) is 18.8 Å². The Balaban J connectivity index is 2.54. The smallest absolute Gasteiger partial charge is 0.222 e. The molecule has 1 rings (SSSR count). The maximum Gasteiger partial charge on any atom is 0.222 e. The van der Waals surface area contributed by atoms with E-state index in [0.717, 1.165) is 32.3 Å². The molecule has 0 amide bonds. The highest BCUT2D eigenvalue weighted by Gasteiger charge is 2.18. The first-order valence-electron chi connectivity index (χ1n) is 8.81. The summed E-state index contributed by atoms with van der Waals surface area (Å²) in [5.41, 5.74) is 0. The van der Waals surface area contributed by atoms with Gasteiger partial charge < -0.3 is 18.9 Å². The normalized spacial score (nSPS) is 19.7. The second-order valence-electron chi connectivity index (χ2n) is 5.45. The molecule has 1 unspecified atom stereocenters. The van der Waals surface area contributed by atoms with Crippen LogP contribution >= 0.6 is 0 Å². The second-order valence-corrected chi connectivity index (χ2v) is 5.45. The third-order valence-corrected chi connectivity index (χ3v) is 3.52. The number of ether oxygens (including phenoxy) is 4. The first-order valence-corrected chi connectivity index (χ1v) is 8.81. The zero-order valence-corrected chi connectivity index (χ0v) is 14.4. The van der Waals surface area contributed by atoms with Crippen molar-refractivity contribution in [3.63, 3.8) is 0 Å². The lowest BCUT2D eigenvalue weighted by molar-refractivity contribution is -0.177. The number of hydrogen-bond acceptors (Lipinski definition) is 4. The van der Waals surface area contributed by atoms with Crippen LogP contribution in [0.5, 0.6) is 0 Å². The van der Waals surface area contributed by atoms with Crippen molar-refractivity contribution in [3.8, 4) is 11.8 Å². The molecule has 0 saturated carbocycles. The van der Waals surface area contributed by atoms with Crippen LogP contribution in [-0.2, 0) is 18.9 Å². The van der Waals surface area contributed by atoms with Crippen LogP contribution in [0.4, 0.5) is 0 Å². The Kier molecular flexibility index (Phi) is 11.4. The van der Waals surface area contributed by atoms with Gasteiger partial charge in [0.05, 0.1) is 0 Å². The fourth-order valence-electron chi connectivity index (χ4n) is 2.35. The minimum Gasteiger partial charge on any atom is -0.353 e. The van der Waals surface area contributed by atoms with Crippen LogP contribution in [0, 0.1) is 11.8 Å². The van der Waals surface area contributed by atoms with Crippen LogP contribution in [0.2, 0.25) is 0 Å². The van der Waals surface area contributed by atoms with Crippen molar-refractivity contribution in [2.24, 2.45) is 0 Å². The molecule has 0 aromatic heterocycles. The van der Waals surface area contributed by atoms with Gasteiger partial charge in [-0.25, -0.2) is 0 Å². The molecule has 1 aliphatic heterocycles. The van der Waals surface area contributed by atoms with Crippen LogP contribution in [0.3, 0.4) is 0 Å². The molecule has 22 heavy (non-hydrogen) atoms. The molecule has 0 aromatic carbocycles. The summed E-state index contributed by atoms with van der Waals surface area (Å²) in [4.78, 5) is 0. The molecule has 0 N–H and O–H groups in total. The molecule has 2 atom stereocenters. The van der Waals surface area contributed by atoms with Crippen molar-refractivity contribution < 1.29 is 18.9 Å². The van der Waals surface area contributed by atoms with Crippen molar-refractivity contribution in [3.05, 3.63) is 0 Å². The molecule has 0 aromatic rings. The predicted molar refractivity (Wildman–Crippen MR) is 87.4 cm³/mol. The van der Waals surface area contributed by atoms with Gasteiger partial charge in [-0.3, -0.25) is 0 Å². The summed E-state index contributed by atoms with van der Waals surface area (Å²) in [6.45, 7) is 8.06. The molecule has 0 bridgehead atoms. The lowest BCUT2D eigenvalue weighted by Crippen LogP contribution is -2.27. The molecule has 1 saturated heterocycles. The molecular formula is C18H32O4. The van der Waals surface area contributed by atoms with Crippen molar-refractivity contribution >= 4 is 0 Å². The van der Waals surface area contributed by atoms with Crippen LogP contribution in [0.15, 0.2) is 0 Å². The van der Waals surface area contributed by atoms with E-state index in [1.807, 2.05) is 13.8 Å². The van der Waals surface area contributed by atoms with E-state index in [-0.39, 0.29) is 12.4 Å². The molecule has 0 radical (unpaired) electrons. The summed E-state index contributed by atoms with van der Waals surface area (Å²) in [6, 6.07) is 0. The Morgan fingerprint density at radius 3 is 2.41 bits per heavy atom. The van der Waals surface area contributed by atoms with Gasteiger partial charge in [0.25, 0.3) is 0 Å². The number of hydrogen-bond donors (Lipinski definition) is 0. The van der Waals surface area contributed by atoms with Crippen LogP contribution < -0.4 is 0 Å². The molecule has 1 heterocycles. The lowest BCUT2D eigenvalue weighted by atomic mass is 10.1. The highest BCUT2D eigenvalue weighted by molar-refractivity contribution is 5.08. The molecule has 0 spiro atoms. The molecule has 1 aliphatic rings. The Labute approximate surface area is 135 Å². The van der Waals surface area contributed by atoms with Gasteiger partial charge in [-0.2, -0.15) is 0 Å². The summed E-state index contributed by atoms with van der Waals surface area (Å²) >= 11 is 0. The quantitative estimate of drug-likeness (QED) is 0.348. The van der Waals surface area contributed by atoms with Gasteiger partial charge in [0.2, 0.25) is 6.29 Å². The van der Waals surface area contributed by atoms with Gasteiger partial charge in [-0.1, -0.05) is 25.7 Å². The number of unbranched alkanes of at least 4 members (excludes halogenated alkanes) is 2. The molecule has 4 heteroatoms. The van der Waals surface area contributed by atoms with E-state index in [1.54, 1.807) is 0 Å². The van der Waals surface area contributed by atoms with Crippen molar-refractivity contribution in [2.75, 3.05) is 19.8 Å². The summed E-state index contributed by atoms with van der Waals surface area (Å²) in [5, 5.41) is 0. The highest BCUT2D eigenvalue weighted by Crippen LogP contribution is 2.17. The first-order chi connectivity index (χ1) is 10.8. The topological polar surface area (TPSA) is 36.9 Å². The van der Waals surface area contributed by atoms with Crippen molar-refractivity contribution in [1.29, 1.82) is 0 Å². The summed E-state index contributed by atoms with van der Waals surface area (Å²) in [5.74, 6) is 6.26. The standard InChI is InChI=1S/C18H32O4/c1-4-7-8-11-16(22-18-12-9-10-15-21-18)13-14-17(19-5-2)20-6-3/h16-18H,4-12,15H2,1-3H3/t16-,18?/m1/s1. The fraction of sp³-hybridized carbons (Fsp3) is 0.889. The van der Waals surface area contributed by atoms with E-state index in [9.17, 15) is 0 Å². The Morgan fingerprint density at radius 1 is 1.05 bits per heavy atom. The van der Waals surface area contributed by atoms with Crippen LogP contribution in [0.1, 0.15) is 65.7 Å². The van der Waals surface area contributed by atoms with E-state index in [0.29, 0.717) is 13.2 Å². The summed E-state index contributed by atoms with van der Waals surface area (Å²) in [6.07, 6.45) is 7.05. The van der Waals surface area contributed by atoms with Crippen LogP contribution in [0.25, 0.3) is 0 Å². The molecule has 4 nitrogen and oxygen atoms in total. The van der Waals surface area contributed by atoms with E-state index in [4.69, 9.17) is 18.9 Å². The second kappa shape index (κ2) is 12.9. The summed E-state index contributed by atoms with van der Waals surface area (Å²) in [7, 11) is 0. The lowest BCUT2D eigenvalue weighted by Gasteiger charge is -2.25. The molecule has 0 aliphatic carbocycles. The molecule has 1 fully saturated rings. The van der Waals surface area contributed by atoms with Crippen molar-refractivity contribution in [2.45, 2.75) is 84.4 Å². The molecule has 128 valence electrons. The van der Waals surface area contributed by atoms with Gasteiger partial charge in [0.15, 0.2) is 6.29 Å². The monoisotopic (exact) mass is 312 g/mol. The summed E-state index contributed by atoms with van der Waals surface area (Å²) < 4.78 is 22.6. The maximum atomic E-state index is 6.04. The van der Waals surface area contributed by atoms with Gasteiger partial charge in [-0.15, -0.1) is 0 Å². The Hall–Kier alpha value is -0.600. The van der Waals surface area contributed by atoms with E-state index in [1.165, 1.54) is 19.3 Å². The minimum absolute atomic E-state index is 0.0990. The third-order valence-electron chi connectivity index (χ3n) is 3.52. The van der Waals surface area contributed by atoms with Crippen molar-refractivity contribution in [1.82, 2.24) is 0 Å². The maximum absolute atomic E-state index is 6.04. The Bertz CT molecular complexity index is 309. The van der Waals surface area contributed by atoms with Gasteiger partial charge >= 0.3 is 0 Å². The number of rotatable bonds is 10. The van der Waals surface area contributed by atoms with Crippen LogP contribution in [-0.4, -0.2) is 38.5 Å². The minimum atomic E-state index is -0.459. The van der Waals surface area contributed by atoms with Gasteiger partial charge in [-0.05, 0) is 51.9 Å². The van der Waals surface area contributed by atoms with E-state index < -0.39 is 6.29 Å². The molecular weight excluding hydrogens is 280 g/mol. The Morgan fingerprint density at radius 2 is 1.82 bits per heavy atom. The van der Waals surface area contributed by atoms with Gasteiger partial charge in [0, 0.05) is 19.8 Å². The van der Waals surface area contributed by atoms with E-state index >= 15 is 0 Å². The zero-order valence-electron chi connectivity index (χ0n) is 14.4. The third kappa shape index (κ3) is 8.75. The van der Waals surface area contributed by atoms with Gasteiger partial charge in [0.1, 0.15) is 6.10 Å². The predicted octanol–water partition coefficient (Wildman–Crippen LogP) is 3.88. The average molecular weight is 312 g/mol.